The molecule has 21 heavy (non-hydrogen) atoms. The van der Waals surface area contributed by atoms with Gasteiger partial charge in [-0.25, -0.2) is 8.78 Å². The summed E-state index contributed by atoms with van der Waals surface area (Å²) < 4.78 is 37.0. The van der Waals surface area contributed by atoms with E-state index >= 15 is 0 Å². The fourth-order valence-corrected chi connectivity index (χ4v) is 1.92. The minimum Gasteiger partial charge on any atom is -0.488 e. The molecule has 0 aliphatic carbocycles. The maximum absolute atomic E-state index is 13.4. The molecule has 0 bridgehead atoms. The Bertz CT molecular complexity index is 462. The zero-order valence-corrected chi connectivity index (χ0v) is 12.5. The zero-order chi connectivity index (χ0) is 15.9. The van der Waals surface area contributed by atoms with Crippen molar-refractivity contribution in [1.29, 1.82) is 0 Å². The van der Waals surface area contributed by atoms with Gasteiger partial charge in [0.2, 0.25) is 0 Å². The van der Waals surface area contributed by atoms with Crippen LogP contribution in [0.25, 0.3) is 0 Å². The molecule has 0 fully saturated rings. The van der Waals surface area contributed by atoms with Crippen molar-refractivity contribution in [1.82, 2.24) is 5.32 Å². The lowest BCUT2D eigenvalue weighted by Gasteiger charge is -2.28. The van der Waals surface area contributed by atoms with Crippen LogP contribution in [0.2, 0.25) is 0 Å². The minimum atomic E-state index is -0.952. The van der Waals surface area contributed by atoms with E-state index in [2.05, 4.69) is 5.32 Å². The fraction of sp³-hybridized carbons (Fsp3) is 0.533. The second-order valence-electron chi connectivity index (χ2n) is 4.73. The Kier molecular flexibility index (Phi) is 6.55. The number of carbonyl (C=O) groups is 1. The molecule has 1 unspecified atom stereocenters. The first-order valence-electron chi connectivity index (χ1n) is 6.93. The molecule has 0 radical (unpaired) electrons. The molecule has 118 valence electrons. The van der Waals surface area contributed by atoms with Crippen molar-refractivity contribution in [2.75, 3.05) is 19.8 Å². The largest absolute Gasteiger partial charge is 0.488 e. The van der Waals surface area contributed by atoms with E-state index in [4.69, 9.17) is 9.47 Å². The van der Waals surface area contributed by atoms with Crippen LogP contribution in [0.15, 0.2) is 18.2 Å². The standard InChI is InChI=1S/C15H21F2NO3/c1-4-18-15(3,14(19)20-5-2)9-10-21-13-11(16)7-6-8-12(13)17/h6-8,18H,4-5,9-10H2,1-3H3. The topological polar surface area (TPSA) is 47.6 Å². The van der Waals surface area contributed by atoms with Crippen LogP contribution in [0.4, 0.5) is 8.78 Å². The van der Waals surface area contributed by atoms with E-state index in [1.165, 1.54) is 6.07 Å². The molecule has 1 N–H and O–H groups in total. The molecular formula is C15H21F2NO3. The molecule has 1 aromatic carbocycles. The van der Waals surface area contributed by atoms with Gasteiger partial charge in [-0.2, -0.15) is 0 Å². The highest BCUT2D eigenvalue weighted by Crippen LogP contribution is 2.22. The number of esters is 1. The first-order chi connectivity index (χ1) is 9.94. The van der Waals surface area contributed by atoms with Gasteiger partial charge >= 0.3 is 5.97 Å². The summed E-state index contributed by atoms with van der Waals surface area (Å²) in [5, 5.41) is 3.02. The quantitative estimate of drug-likeness (QED) is 0.750. The van der Waals surface area contributed by atoms with Crippen molar-refractivity contribution < 1.29 is 23.0 Å². The highest BCUT2D eigenvalue weighted by Gasteiger charge is 2.33. The lowest BCUT2D eigenvalue weighted by atomic mass is 9.98. The molecule has 0 saturated carbocycles. The number of rotatable bonds is 8. The molecule has 0 aromatic heterocycles. The van der Waals surface area contributed by atoms with E-state index in [-0.39, 0.29) is 19.6 Å². The summed E-state index contributed by atoms with van der Waals surface area (Å²) in [6, 6.07) is 3.50. The third-order valence-electron chi connectivity index (χ3n) is 3.06. The molecular weight excluding hydrogens is 280 g/mol. The Hall–Kier alpha value is -1.69. The fourth-order valence-electron chi connectivity index (χ4n) is 1.92. The van der Waals surface area contributed by atoms with Crippen LogP contribution < -0.4 is 10.1 Å². The lowest BCUT2D eigenvalue weighted by Crippen LogP contribution is -2.51. The summed E-state index contributed by atoms with van der Waals surface area (Å²) in [4.78, 5) is 11.9. The van der Waals surface area contributed by atoms with Gasteiger partial charge in [0.25, 0.3) is 0 Å². The first kappa shape index (κ1) is 17.4. The smallest absolute Gasteiger partial charge is 0.326 e. The van der Waals surface area contributed by atoms with Crippen LogP contribution in [0.3, 0.4) is 0 Å². The normalized spacial score (nSPS) is 13.6. The van der Waals surface area contributed by atoms with Crippen molar-refractivity contribution >= 4 is 5.97 Å². The maximum Gasteiger partial charge on any atom is 0.326 e. The average molecular weight is 301 g/mol. The monoisotopic (exact) mass is 301 g/mol. The number of carbonyl (C=O) groups excluding carboxylic acids is 1. The Labute approximate surface area is 123 Å². The van der Waals surface area contributed by atoms with Crippen LogP contribution >= 0.6 is 0 Å². The summed E-state index contributed by atoms with van der Waals surface area (Å²) >= 11 is 0. The Morgan fingerprint density at radius 3 is 2.43 bits per heavy atom. The third kappa shape index (κ3) is 4.67. The predicted molar refractivity (Wildman–Crippen MR) is 75.2 cm³/mol. The van der Waals surface area contributed by atoms with Gasteiger partial charge in [-0.05, 0) is 32.5 Å². The number of hydrogen-bond acceptors (Lipinski definition) is 4. The Morgan fingerprint density at radius 2 is 1.90 bits per heavy atom. The summed E-state index contributed by atoms with van der Waals surface area (Å²) in [6.45, 7) is 6.06. The van der Waals surface area contributed by atoms with Crippen molar-refractivity contribution in [2.45, 2.75) is 32.7 Å². The second kappa shape index (κ2) is 7.93. The van der Waals surface area contributed by atoms with E-state index in [9.17, 15) is 13.6 Å². The van der Waals surface area contributed by atoms with Crippen LogP contribution in [-0.4, -0.2) is 31.3 Å². The molecule has 1 aromatic rings. The second-order valence-corrected chi connectivity index (χ2v) is 4.73. The summed E-state index contributed by atoms with van der Waals surface area (Å²) in [5.41, 5.74) is -0.952. The van der Waals surface area contributed by atoms with Crippen LogP contribution in [0, 0.1) is 11.6 Å². The lowest BCUT2D eigenvalue weighted by molar-refractivity contribution is -0.151. The van der Waals surface area contributed by atoms with E-state index in [1.807, 2.05) is 6.92 Å². The van der Waals surface area contributed by atoms with Crippen molar-refractivity contribution in [3.8, 4) is 5.75 Å². The Morgan fingerprint density at radius 1 is 1.29 bits per heavy atom. The first-order valence-corrected chi connectivity index (χ1v) is 6.93. The van der Waals surface area contributed by atoms with Gasteiger partial charge in [-0.15, -0.1) is 0 Å². The van der Waals surface area contributed by atoms with Gasteiger partial charge in [0.15, 0.2) is 17.4 Å². The molecule has 0 aliphatic heterocycles. The van der Waals surface area contributed by atoms with E-state index in [1.54, 1.807) is 13.8 Å². The van der Waals surface area contributed by atoms with Gasteiger partial charge in [-0.3, -0.25) is 4.79 Å². The van der Waals surface area contributed by atoms with Crippen molar-refractivity contribution in [3.63, 3.8) is 0 Å². The number of benzene rings is 1. The van der Waals surface area contributed by atoms with Gasteiger partial charge in [-0.1, -0.05) is 13.0 Å². The highest BCUT2D eigenvalue weighted by molar-refractivity contribution is 5.80. The van der Waals surface area contributed by atoms with Gasteiger partial charge in [0.1, 0.15) is 5.54 Å². The SMILES string of the molecule is CCNC(C)(CCOc1c(F)cccc1F)C(=O)OCC. The van der Waals surface area contributed by atoms with Gasteiger partial charge < -0.3 is 14.8 Å². The van der Waals surface area contributed by atoms with E-state index < -0.39 is 28.9 Å². The third-order valence-corrected chi connectivity index (χ3v) is 3.06. The molecule has 0 heterocycles. The number of halogens is 2. The molecule has 6 heteroatoms. The molecule has 0 amide bonds. The number of hydrogen-bond donors (Lipinski definition) is 1. The highest BCUT2D eigenvalue weighted by atomic mass is 19.1. The summed E-state index contributed by atoms with van der Waals surface area (Å²) in [5.74, 6) is -2.38. The van der Waals surface area contributed by atoms with Gasteiger partial charge in [0, 0.05) is 6.42 Å². The molecule has 4 nitrogen and oxygen atoms in total. The Balaban J connectivity index is 2.68. The molecule has 1 rings (SSSR count). The molecule has 0 saturated heterocycles. The summed E-state index contributed by atoms with van der Waals surface area (Å²) in [6.07, 6.45) is 0.230. The zero-order valence-electron chi connectivity index (χ0n) is 12.5. The average Bonchev–Trinajstić information content (AvgIpc) is 2.42. The van der Waals surface area contributed by atoms with Crippen LogP contribution in [-0.2, 0) is 9.53 Å². The molecule has 0 spiro atoms. The molecule has 0 aliphatic rings. The maximum atomic E-state index is 13.4. The number of ether oxygens (including phenoxy) is 2. The van der Waals surface area contributed by atoms with Gasteiger partial charge in [0.05, 0.1) is 13.2 Å². The van der Waals surface area contributed by atoms with Crippen LogP contribution in [0.5, 0.6) is 5.75 Å². The van der Waals surface area contributed by atoms with Crippen molar-refractivity contribution in [3.05, 3.63) is 29.8 Å². The predicted octanol–water partition coefficient (Wildman–Crippen LogP) is 2.67. The number of para-hydroxylation sites is 1. The van der Waals surface area contributed by atoms with Crippen molar-refractivity contribution in [2.24, 2.45) is 0 Å². The number of nitrogens with one attached hydrogen (secondary N) is 1. The summed E-state index contributed by atoms with van der Waals surface area (Å²) in [7, 11) is 0. The molecule has 1 atom stereocenters. The van der Waals surface area contributed by atoms with E-state index in [0.717, 1.165) is 12.1 Å². The number of likely N-dealkylation sites (N-methyl/N-ethyl adjacent to an activating group) is 1. The minimum absolute atomic E-state index is 0.0137. The van der Waals surface area contributed by atoms with E-state index in [0.29, 0.717) is 6.54 Å². The van der Waals surface area contributed by atoms with Crippen LogP contribution in [0.1, 0.15) is 27.2 Å².